The molecule has 0 unspecified atom stereocenters. The molecule has 0 aromatic carbocycles. The minimum atomic E-state index is -1.23. The minimum absolute atomic E-state index is 0. The van der Waals surface area contributed by atoms with E-state index in [9.17, 15) is 0 Å². The molecule has 0 radical (unpaired) electrons. The minimum Gasteiger partial charge on any atom is -1.00 e. The van der Waals surface area contributed by atoms with Crippen LogP contribution < -0.4 is 24.0 Å². The Morgan fingerprint density at radius 2 is 1.67 bits per heavy atom. The van der Waals surface area contributed by atoms with Crippen molar-refractivity contribution >= 4 is 31.4 Å². The van der Waals surface area contributed by atoms with Crippen molar-refractivity contribution in [2.75, 3.05) is 6.61 Å². The Morgan fingerprint density at radius 3 is 2.00 bits per heavy atom. The van der Waals surface area contributed by atoms with Crippen LogP contribution in [0.15, 0.2) is 0 Å². The van der Waals surface area contributed by atoms with Crippen LogP contribution in [0, 0.1) is 6.92 Å². The molecule has 0 aliphatic heterocycles. The van der Waals surface area contributed by atoms with Gasteiger partial charge in [-0.3, -0.25) is 0 Å². The van der Waals surface area contributed by atoms with Crippen LogP contribution in [-0.4, -0.2) is 38.0 Å². The first-order valence-corrected chi connectivity index (χ1v) is 7.40. The van der Waals surface area contributed by atoms with Gasteiger partial charge in [-0.05, 0) is 26.1 Å². The Hall–Kier alpha value is 1.67. The molecule has 1 nitrogen and oxygen atoms in total. The van der Waals surface area contributed by atoms with E-state index in [4.69, 9.17) is 4.43 Å². The average Bonchev–Trinajstić information content (AvgIpc) is 1.78. The van der Waals surface area contributed by atoms with Gasteiger partial charge in [0.1, 0.15) is 0 Å². The summed E-state index contributed by atoms with van der Waals surface area (Å²) in [7, 11) is -1.23. The van der Waals surface area contributed by atoms with E-state index >= 15 is 0 Å². The van der Waals surface area contributed by atoms with Crippen molar-refractivity contribution < 1.29 is 28.4 Å². The first-order chi connectivity index (χ1) is 4.56. The smallest absolute Gasteiger partial charge is 1.00 e. The van der Waals surface area contributed by atoms with Crippen molar-refractivity contribution in [2.45, 2.75) is 38.9 Å². The second kappa shape index (κ2) is 10.8. The third-order valence-corrected chi connectivity index (χ3v) is 2.25. The van der Waals surface area contributed by atoms with Crippen LogP contribution in [0.4, 0.5) is 0 Å². The summed E-state index contributed by atoms with van der Waals surface area (Å²) in [4.78, 5) is 0. The quantitative estimate of drug-likeness (QED) is 0.287. The average molecular weight is 311 g/mol. The maximum atomic E-state index is 5.64. The van der Waals surface area contributed by atoms with Crippen molar-refractivity contribution in [3.05, 3.63) is 6.92 Å². The molecule has 0 heterocycles. The van der Waals surface area contributed by atoms with Gasteiger partial charge in [0.25, 0.3) is 0 Å². The molecule has 0 aromatic heterocycles. The summed E-state index contributed by atoms with van der Waals surface area (Å²) in [5, 5.41) is 0. The topological polar surface area (TPSA) is 9.23 Å². The van der Waals surface area contributed by atoms with Gasteiger partial charge in [0.2, 0.25) is 0 Å². The molecule has 0 atom stereocenters. The van der Waals surface area contributed by atoms with Gasteiger partial charge in [-0.25, -0.2) is 0 Å². The van der Waals surface area contributed by atoms with Crippen LogP contribution >= 0.6 is 0 Å². The largest absolute Gasteiger partial charge is 2.00 e. The van der Waals surface area contributed by atoms with E-state index in [2.05, 4.69) is 26.6 Å². The normalized spacial score (nSPS) is 10.0. The number of halogens is 1. The number of hydrogen-bond acceptors (Lipinski definition) is 1. The molecule has 70 valence electrons. The maximum absolute atomic E-state index is 5.64. The van der Waals surface area contributed by atoms with E-state index in [0.717, 1.165) is 13.0 Å². The summed E-state index contributed by atoms with van der Waals surface area (Å²) in [6, 6.07) is 0. The van der Waals surface area contributed by atoms with Crippen molar-refractivity contribution in [2.24, 2.45) is 0 Å². The molecule has 12 heavy (non-hydrogen) atoms. The number of rotatable bonds is 5. The molecule has 4 heteroatoms. The summed E-state index contributed by atoms with van der Waals surface area (Å²) in [5.74, 6) is 0. The second-order valence-electron chi connectivity index (χ2n) is 3.52. The molecule has 0 spiro atoms. The van der Waals surface area contributed by atoms with Crippen LogP contribution in [0.3, 0.4) is 0 Å². The van der Waals surface area contributed by atoms with E-state index in [0.29, 0.717) is 0 Å². The van der Waals surface area contributed by atoms with Gasteiger partial charge >= 0.3 is 23.1 Å². The monoisotopic (exact) mass is 310 g/mol. The van der Waals surface area contributed by atoms with Gasteiger partial charge in [-0.15, -0.1) is 0 Å². The predicted octanol–water partition coefficient (Wildman–Crippen LogP) is -0.535. The van der Waals surface area contributed by atoms with Gasteiger partial charge in [0.05, 0.1) is 0 Å². The van der Waals surface area contributed by atoms with Crippen LogP contribution in [0.1, 0.15) is 19.3 Å². The molecule has 0 rings (SSSR count). The number of hydrogen-bond donors (Lipinski definition) is 0. The van der Waals surface area contributed by atoms with Gasteiger partial charge in [0.15, 0.2) is 8.32 Å². The zero-order chi connectivity index (χ0) is 8.04. The van der Waals surface area contributed by atoms with E-state index in [-0.39, 0.29) is 47.0 Å². The Kier molecular flexibility index (Phi) is 17.3. The van der Waals surface area contributed by atoms with Crippen LogP contribution in [0.5, 0.6) is 0 Å². The summed E-state index contributed by atoms with van der Waals surface area (Å²) in [6.07, 6.45) is 3.41. The van der Waals surface area contributed by atoms with Gasteiger partial charge < -0.3 is 35.3 Å². The molecule has 0 aliphatic carbocycles. The van der Waals surface area contributed by atoms with Crippen molar-refractivity contribution in [1.29, 1.82) is 0 Å². The molecule has 0 saturated carbocycles. The fourth-order valence-corrected chi connectivity index (χ4v) is 1.41. The Morgan fingerprint density at radius 1 is 1.17 bits per heavy atom. The van der Waals surface area contributed by atoms with Crippen LogP contribution in [0.2, 0.25) is 19.6 Å². The SMILES string of the molecule is [CH2-]CCCCO[Si](C)(C)C.[I-].[Mg+2]. The molecule has 0 bridgehead atoms. The molecule has 0 aliphatic rings. The Labute approximate surface area is 111 Å². The zero-order valence-electron chi connectivity index (χ0n) is 8.53. The maximum Gasteiger partial charge on any atom is 2.00 e. The molecular weight excluding hydrogens is 291 g/mol. The van der Waals surface area contributed by atoms with E-state index in [1.165, 1.54) is 12.8 Å². The fourth-order valence-electron chi connectivity index (χ4n) is 0.657. The van der Waals surface area contributed by atoms with Crippen LogP contribution in [-0.2, 0) is 4.43 Å². The first kappa shape index (κ1) is 19.3. The van der Waals surface area contributed by atoms with Crippen LogP contribution in [0.25, 0.3) is 0 Å². The molecule has 0 saturated heterocycles. The standard InChI is InChI=1S/C8H19OSi.HI.Mg/c1-5-6-7-8-9-10(2,3)4;;/h1,5-8H2,2-4H3;1H;/q-1;;+2/p-1. The predicted molar refractivity (Wildman–Crippen MR) is 54.3 cm³/mol. The molecule has 0 N–H and O–H groups in total. The van der Waals surface area contributed by atoms with Gasteiger partial charge in [0, 0.05) is 6.61 Å². The third-order valence-electron chi connectivity index (χ3n) is 1.18. The van der Waals surface area contributed by atoms with E-state index < -0.39 is 8.32 Å². The molecule has 0 amide bonds. The van der Waals surface area contributed by atoms with Gasteiger partial charge in [-0.2, -0.15) is 6.42 Å². The summed E-state index contributed by atoms with van der Waals surface area (Å²) in [5.41, 5.74) is 0. The third kappa shape index (κ3) is 17.7. The summed E-state index contributed by atoms with van der Waals surface area (Å²) < 4.78 is 5.64. The Balaban J connectivity index is -0.000000405. The number of unbranched alkanes of at least 4 members (excludes halogenated alkanes) is 2. The molecular formula is C8H19IMgOSi. The molecule has 0 aromatic rings. The van der Waals surface area contributed by atoms with E-state index in [1.54, 1.807) is 0 Å². The first-order valence-electron chi connectivity index (χ1n) is 3.99. The molecule has 0 fully saturated rings. The van der Waals surface area contributed by atoms with Gasteiger partial charge in [-0.1, -0.05) is 6.42 Å². The zero-order valence-corrected chi connectivity index (χ0v) is 13.1. The van der Waals surface area contributed by atoms with Crippen molar-refractivity contribution in [3.8, 4) is 0 Å². The fraction of sp³-hybridized carbons (Fsp3) is 0.875. The van der Waals surface area contributed by atoms with E-state index in [1.807, 2.05) is 0 Å². The van der Waals surface area contributed by atoms with Crippen molar-refractivity contribution in [3.63, 3.8) is 0 Å². The summed E-state index contributed by atoms with van der Waals surface area (Å²) in [6.45, 7) is 11.4. The second-order valence-corrected chi connectivity index (χ2v) is 8.03. The Bertz CT molecular complexity index is 85.6. The summed E-state index contributed by atoms with van der Waals surface area (Å²) >= 11 is 0. The van der Waals surface area contributed by atoms with Crippen molar-refractivity contribution in [1.82, 2.24) is 0 Å².